The first-order valence-electron chi connectivity index (χ1n) is 3.31. The number of aliphatic carboxylic acids is 1. The van der Waals surface area contributed by atoms with Crippen LogP contribution in [0.25, 0.3) is 0 Å². The Morgan fingerprint density at radius 3 is 2.50 bits per heavy atom. The highest BCUT2D eigenvalue weighted by Gasteiger charge is 2.29. The molecule has 1 aliphatic carbocycles. The van der Waals surface area contributed by atoms with E-state index >= 15 is 0 Å². The summed E-state index contributed by atoms with van der Waals surface area (Å²) in [5.74, 6) is -0.502. The summed E-state index contributed by atoms with van der Waals surface area (Å²) in [5.41, 5.74) is 0.509. The molecule has 1 N–H and O–H groups in total. The molecule has 0 aromatic heterocycles. The predicted octanol–water partition coefficient (Wildman–Crippen LogP) is 1.59. The van der Waals surface area contributed by atoms with Crippen LogP contribution in [0.4, 0.5) is 0 Å². The fourth-order valence-corrected chi connectivity index (χ4v) is 0.903. The summed E-state index contributed by atoms with van der Waals surface area (Å²) in [6.45, 7) is 3.45. The Hall–Kier alpha value is -1.05. The summed E-state index contributed by atoms with van der Waals surface area (Å²) in [6.07, 6.45) is 5.15. The van der Waals surface area contributed by atoms with Gasteiger partial charge >= 0.3 is 5.97 Å². The second-order valence-corrected chi connectivity index (χ2v) is 2.44. The molecular formula is C8H10O2. The van der Waals surface area contributed by atoms with E-state index in [1.165, 1.54) is 6.08 Å². The van der Waals surface area contributed by atoms with E-state index in [0.717, 1.165) is 12.8 Å². The maximum Gasteiger partial charge on any atom is 0.331 e. The van der Waals surface area contributed by atoms with Crippen LogP contribution in [0.2, 0.25) is 0 Å². The Morgan fingerprint density at radius 1 is 1.60 bits per heavy atom. The average molecular weight is 138 g/mol. The van der Waals surface area contributed by atoms with E-state index in [0.29, 0.717) is 11.5 Å². The predicted molar refractivity (Wildman–Crippen MR) is 38.6 cm³/mol. The van der Waals surface area contributed by atoms with E-state index in [2.05, 4.69) is 6.58 Å². The number of hydrogen-bond acceptors (Lipinski definition) is 1. The highest BCUT2D eigenvalue weighted by atomic mass is 16.4. The first kappa shape index (κ1) is 7.06. The molecule has 54 valence electrons. The van der Waals surface area contributed by atoms with Gasteiger partial charge in [-0.3, -0.25) is 0 Å². The lowest BCUT2D eigenvalue weighted by molar-refractivity contribution is -0.132. The summed E-state index contributed by atoms with van der Waals surface area (Å²) < 4.78 is 0. The third kappa shape index (κ3) is 1.47. The smallest absolute Gasteiger partial charge is 0.331 e. The lowest BCUT2D eigenvalue weighted by Crippen LogP contribution is -2.01. The Kier molecular flexibility index (Phi) is 1.90. The number of rotatable bonds is 3. The van der Waals surface area contributed by atoms with Gasteiger partial charge in [-0.2, -0.15) is 0 Å². The molecule has 1 saturated carbocycles. The highest BCUT2D eigenvalue weighted by Crippen LogP contribution is 2.36. The van der Waals surface area contributed by atoms with Crippen LogP contribution >= 0.6 is 0 Å². The summed E-state index contributed by atoms with van der Waals surface area (Å²) in [4.78, 5) is 10.5. The summed E-state index contributed by atoms with van der Waals surface area (Å²) in [7, 11) is 0. The van der Waals surface area contributed by atoms with Gasteiger partial charge in [-0.05, 0) is 18.8 Å². The van der Waals surface area contributed by atoms with Crippen molar-refractivity contribution in [3.05, 3.63) is 24.3 Å². The Bertz CT molecular complexity index is 187. The fraction of sp³-hybridized carbons (Fsp3) is 0.375. The van der Waals surface area contributed by atoms with Crippen molar-refractivity contribution in [1.82, 2.24) is 0 Å². The van der Waals surface area contributed by atoms with E-state index in [4.69, 9.17) is 5.11 Å². The molecule has 1 fully saturated rings. The van der Waals surface area contributed by atoms with Gasteiger partial charge in [0.2, 0.25) is 0 Å². The highest BCUT2D eigenvalue weighted by molar-refractivity contribution is 5.88. The second kappa shape index (κ2) is 2.69. The normalized spacial score (nSPS) is 18.6. The zero-order chi connectivity index (χ0) is 7.56. The first-order valence-corrected chi connectivity index (χ1v) is 3.31. The van der Waals surface area contributed by atoms with Gasteiger partial charge in [0.05, 0.1) is 0 Å². The molecule has 2 nitrogen and oxygen atoms in total. The Morgan fingerprint density at radius 2 is 2.20 bits per heavy atom. The molecule has 0 radical (unpaired) electrons. The van der Waals surface area contributed by atoms with Crippen LogP contribution < -0.4 is 0 Å². The van der Waals surface area contributed by atoms with Crippen molar-refractivity contribution in [3.63, 3.8) is 0 Å². The quantitative estimate of drug-likeness (QED) is 0.475. The number of hydrogen-bond donors (Lipinski definition) is 1. The van der Waals surface area contributed by atoms with Crippen molar-refractivity contribution < 1.29 is 9.90 Å². The van der Waals surface area contributed by atoms with Crippen LogP contribution in [-0.2, 0) is 4.79 Å². The minimum absolute atomic E-state index is 0.301. The molecule has 0 unspecified atom stereocenters. The van der Waals surface area contributed by atoms with Gasteiger partial charge in [0.25, 0.3) is 0 Å². The van der Waals surface area contributed by atoms with Gasteiger partial charge in [-0.1, -0.05) is 18.7 Å². The van der Waals surface area contributed by atoms with Crippen molar-refractivity contribution in [2.24, 2.45) is 5.92 Å². The molecule has 0 aromatic rings. The van der Waals surface area contributed by atoms with Gasteiger partial charge in [-0.25, -0.2) is 4.79 Å². The van der Waals surface area contributed by atoms with Crippen molar-refractivity contribution in [2.45, 2.75) is 12.8 Å². The SMILES string of the molecule is C=CC=C(C(=O)O)C1CC1. The molecule has 0 aromatic carbocycles. The van der Waals surface area contributed by atoms with Crippen LogP contribution in [0.15, 0.2) is 24.3 Å². The molecule has 1 rings (SSSR count). The van der Waals surface area contributed by atoms with Gasteiger partial charge in [0.1, 0.15) is 0 Å². The molecule has 0 bridgehead atoms. The summed E-state index contributed by atoms with van der Waals surface area (Å²) >= 11 is 0. The molecule has 0 heterocycles. The number of carboxylic acid groups (broad SMARTS) is 1. The topological polar surface area (TPSA) is 37.3 Å². The monoisotopic (exact) mass is 138 g/mol. The van der Waals surface area contributed by atoms with Crippen LogP contribution in [0.5, 0.6) is 0 Å². The van der Waals surface area contributed by atoms with Crippen molar-refractivity contribution in [3.8, 4) is 0 Å². The van der Waals surface area contributed by atoms with E-state index in [9.17, 15) is 4.79 Å². The third-order valence-corrected chi connectivity index (χ3v) is 1.56. The van der Waals surface area contributed by atoms with Crippen LogP contribution in [-0.4, -0.2) is 11.1 Å². The molecule has 2 heteroatoms. The molecule has 0 amide bonds. The molecule has 1 aliphatic rings. The maximum atomic E-state index is 10.5. The van der Waals surface area contributed by atoms with E-state index in [1.807, 2.05) is 0 Å². The van der Waals surface area contributed by atoms with Gasteiger partial charge in [-0.15, -0.1) is 0 Å². The Balaban J connectivity index is 2.67. The maximum absolute atomic E-state index is 10.5. The van der Waals surface area contributed by atoms with E-state index < -0.39 is 5.97 Å². The number of carbonyl (C=O) groups is 1. The van der Waals surface area contributed by atoms with Gasteiger partial charge in [0.15, 0.2) is 0 Å². The molecule has 0 aliphatic heterocycles. The molecule has 10 heavy (non-hydrogen) atoms. The minimum atomic E-state index is -0.803. The number of carboxylic acids is 1. The van der Waals surface area contributed by atoms with Crippen LogP contribution in [0.3, 0.4) is 0 Å². The standard InChI is InChI=1S/C8H10O2/c1-2-3-7(8(9)10)6-4-5-6/h2-3,6H,1,4-5H2,(H,9,10). The third-order valence-electron chi connectivity index (χ3n) is 1.56. The first-order chi connectivity index (χ1) is 4.75. The lowest BCUT2D eigenvalue weighted by Gasteiger charge is -1.94. The largest absolute Gasteiger partial charge is 0.478 e. The van der Waals surface area contributed by atoms with Crippen LogP contribution in [0, 0.1) is 5.92 Å². The van der Waals surface area contributed by atoms with E-state index in [-0.39, 0.29) is 0 Å². The zero-order valence-corrected chi connectivity index (χ0v) is 5.71. The average Bonchev–Trinajstić information content (AvgIpc) is 2.63. The van der Waals surface area contributed by atoms with Gasteiger partial charge in [0, 0.05) is 5.57 Å². The molecular weight excluding hydrogens is 128 g/mol. The summed E-state index contributed by atoms with van der Waals surface area (Å²) in [6, 6.07) is 0. The molecule has 0 saturated heterocycles. The Labute approximate surface area is 59.9 Å². The van der Waals surface area contributed by atoms with Crippen molar-refractivity contribution in [1.29, 1.82) is 0 Å². The minimum Gasteiger partial charge on any atom is -0.478 e. The number of allylic oxidation sites excluding steroid dienone is 2. The van der Waals surface area contributed by atoms with Crippen molar-refractivity contribution >= 4 is 5.97 Å². The lowest BCUT2D eigenvalue weighted by atomic mass is 10.1. The second-order valence-electron chi connectivity index (χ2n) is 2.44. The van der Waals surface area contributed by atoms with Crippen molar-refractivity contribution in [2.75, 3.05) is 0 Å². The molecule has 0 atom stereocenters. The van der Waals surface area contributed by atoms with E-state index in [1.54, 1.807) is 6.08 Å². The molecule has 0 spiro atoms. The van der Waals surface area contributed by atoms with Crippen LogP contribution in [0.1, 0.15) is 12.8 Å². The fourth-order valence-electron chi connectivity index (χ4n) is 0.903. The zero-order valence-electron chi connectivity index (χ0n) is 5.71. The summed E-state index contributed by atoms with van der Waals surface area (Å²) in [5, 5.41) is 8.60. The van der Waals surface area contributed by atoms with Gasteiger partial charge < -0.3 is 5.11 Å².